The van der Waals surface area contributed by atoms with Gasteiger partial charge in [0, 0.05) is 35.4 Å². The van der Waals surface area contributed by atoms with Gasteiger partial charge in [-0.25, -0.2) is 0 Å². The molecular weight excluding hydrogens is 242 g/mol. The Morgan fingerprint density at radius 3 is 2.89 bits per heavy atom. The van der Waals surface area contributed by atoms with E-state index in [1.807, 2.05) is 19.9 Å². The number of hydrogen-bond donors (Lipinski definition) is 4. The number of anilines is 1. The first kappa shape index (κ1) is 13.4. The molecule has 2 aromatic rings. The molecule has 102 valence electrons. The zero-order valence-electron chi connectivity index (χ0n) is 11.1. The highest BCUT2D eigenvalue weighted by Gasteiger charge is 2.17. The van der Waals surface area contributed by atoms with Crippen LogP contribution in [-0.4, -0.2) is 28.6 Å². The van der Waals surface area contributed by atoms with E-state index < -0.39 is 0 Å². The van der Waals surface area contributed by atoms with Gasteiger partial charge in [-0.05, 0) is 31.0 Å². The highest BCUT2D eigenvalue weighted by Crippen LogP contribution is 2.20. The number of rotatable bonds is 4. The summed E-state index contributed by atoms with van der Waals surface area (Å²) in [5.41, 5.74) is 7.79. The third-order valence-electron chi connectivity index (χ3n) is 3.45. The average molecular weight is 261 g/mol. The van der Waals surface area contributed by atoms with Gasteiger partial charge in [0.1, 0.15) is 0 Å². The van der Waals surface area contributed by atoms with Crippen LogP contribution in [0.3, 0.4) is 0 Å². The normalized spacial score (nSPS) is 14.3. The molecule has 1 aromatic heterocycles. The van der Waals surface area contributed by atoms with Crippen LogP contribution in [0.2, 0.25) is 0 Å². The fraction of sp³-hybridized carbons (Fsp3) is 0.357. The third-order valence-corrected chi connectivity index (χ3v) is 3.45. The van der Waals surface area contributed by atoms with Gasteiger partial charge in [-0.15, -0.1) is 0 Å². The smallest absolute Gasteiger partial charge is 0.253 e. The van der Waals surface area contributed by atoms with Crippen molar-refractivity contribution in [2.24, 2.45) is 5.92 Å². The lowest BCUT2D eigenvalue weighted by atomic mass is 10.0. The van der Waals surface area contributed by atoms with E-state index in [0.29, 0.717) is 11.3 Å². The lowest BCUT2D eigenvalue weighted by Gasteiger charge is -2.18. The molecule has 5 heteroatoms. The molecule has 0 radical (unpaired) electrons. The average Bonchev–Trinajstić information content (AvgIpc) is 2.80. The van der Waals surface area contributed by atoms with Crippen molar-refractivity contribution < 1.29 is 9.90 Å². The number of aliphatic hydroxyl groups is 1. The summed E-state index contributed by atoms with van der Waals surface area (Å²) in [7, 11) is 0. The van der Waals surface area contributed by atoms with E-state index in [4.69, 9.17) is 10.8 Å². The first-order valence-electron chi connectivity index (χ1n) is 6.31. The summed E-state index contributed by atoms with van der Waals surface area (Å²) in [6.07, 6.45) is 1.68. The fourth-order valence-electron chi connectivity index (χ4n) is 1.92. The van der Waals surface area contributed by atoms with Crippen molar-refractivity contribution in [3.05, 3.63) is 30.0 Å². The number of carbonyl (C=O) groups is 1. The van der Waals surface area contributed by atoms with Crippen molar-refractivity contribution in [2.75, 3.05) is 12.3 Å². The number of hydrogen-bond acceptors (Lipinski definition) is 3. The molecule has 2 unspecified atom stereocenters. The standard InChI is InChI=1S/C14H19N3O2/c1-8(7-18)9(2)17-14(19)12-6-16-13-5-10(15)3-4-11(12)13/h3-6,8-9,16,18H,7,15H2,1-2H3,(H,17,19). The summed E-state index contributed by atoms with van der Waals surface area (Å²) >= 11 is 0. The van der Waals surface area contributed by atoms with Crippen LogP contribution in [0.1, 0.15) is 24.2 Å². The highest BCUT2D eigenvalue weighted by molar-refractivity contribution is 6.07. The van der Waals surface area contributed by atoms with Gasteiger partial charge >= 0.3 is 0 Å². The van der Waals surface area contributed by atoms with Crippen LogP contribution in [0, 0.1) is 5.92 Å². The summed E-state index contributed by atoms with van der Waals surface area (Å²) in [4.78, 5) is 15.2. The maximum atomic E-state index is 12.2. The molecule has 0 spiro atoms. The third kappa shape index (κ3) is 2.71. The van der Waals surface area contributed by atoms with Crippen molar-refractivity contribution in [2.45, 2.75) is 19.9 Å². The van der Waals surface area contributed by atoms with Gasteiger partial charge in [-0.2, -0.15) is 0 Å². The second-order valence-electron chi connectivity index (χ2n) is 4.93. The van der Waals surface area contributed by atoms with Gasteiger partial charge in [-0.3, -0.25) is 4.79 Å². The molecule has 1 amide bonds. The molecule has 5 N–H and O–H groups in total. The molecular formula is C14H19N3O2. The van der Waals surface area contributed by atoms with Crippen LogP contribution in [0.15, 0.2) is 24.4 Å². The zero-order chi connectivity index (χ0) is 14.0. The maximum absolute atomic E-state index is 12.2. The Balaban J connectivity index is 2.22. The van der Waals surface area contributed by atoms with Crippen molar-refractivity contribution in [1.82, 2.24) is 10.3 Å². The van der Waals surface area contributed by atoms with E-state index >= 15 is 0 Å². The number of fused-ring (bicyclic) bond motifs is 1. The number of aliphatic hydroxyl groups excluding tert-OH is 1. The topological polar surface area (TPSA) is 91.1 Å². The molecule has 1 aromatic carbocycles. The van der Waals surface area contributed by atoms with E-state index in [0.717, 1.165) is 10.9 Å². The Kier molecular flexibility index (Phi) is 3.76. The summed E-state index contributed by atoms with van der Waals surface area (Å²) in [6, 6.07) is 5.31. The Hall–Kier alpha value is -2.01. The number of nitrogens with two attached hydrogens (primary N) is 1. The Morgan fingerprint density at radius 2 is 2.21 bits per heavy atom. The molecule has 0 aliphatic carbocycles. The monoisotopic (exact) mass is 261 g/mol. The molecule has 0 saturated carbocycles. The number of carbonyl (C=O) groups excluding carboxylic acids is 1. The van der Waals surface area contributed by atoms with Gasteiger partial charge in [-0.1, -0.05) is 6.92 Å². The molecule has 2 atom stereocenters. The fourth-order valence-corrected chi connectivity index (χ4v) is 1.92. The van der Waals surface area contributed by atoms with Crippen LogP contribution in [0.25, 0.3) is 10.9 Å². The summed E-state index contributed by atoms with van der Waals surface area (Å²) in [6.45, 7) is 3.82. The van der Waals surface area contributed by atoms with Crippen molar-refractivity contribution in [3.63, 3.8) is 0 Å². The molecule has 2 rings (SSSR count). The second kappa shape index (κ2) is 5.32. The number of benzene rings is 1. The quantitative estimate of drug-likeness (QED) is 0.628. The number of aromatic amines is 1. The van der Waals surface area contributed by atoms with Crippen LogP contribution in [-0.2, 0) is 0 Å². The maximum Gasteiger partial charge on any atom is 0.253 e. The number of aromatic nitrogens is 1. The molecule has 0 aliphatic heterocycles. The largest absolute Gasteiger partial charge is 0.399 e. The van der Waals surface area contributed by atoms with E-state index in [9.17, 15) is 4.79 Å². The minimum atomic E-state index is -0.149. The lowest BCUT2D eigenvalue weighted by molar-refractivity contribution is 0.0918. The highest BCUT2D eigenvalue weighted by atomic mass is 16.3. The number of amides is 1. The predicted molar refractivity (Wildman–Crippen MR) is 75.9 cm³/mol. The van der Waals surface area contributed by atoms with Gasteiger partial charge in [0.2, 0.25) is 0 Å². The summed E-state index contributed by atoms with van der Waals surface area (Å²) < 4.78 is 0. The molecule has 19 heavy (non-hydrogen) atoms. The molecule has 0 bridgehead atoms. The van der Waals surface area contributed by atoms with E-state index in [-0.39, 0.29) is 24.5 Å². The molecule has 1 heterocycles. The minimum absolute atomic E-state index is 0.0183. The minimum Gasteiger partial charge on any atom is -0.399 e. The second-order valence-corrected chi connectivity index (χ2v) is 4.93. The van der Waals surface area contributed by atoms with Gasteiger partial charge in [0.05, 0.1) is 5.56 Å². The van der Waals surface area contributed by atoms with Gasteiger partial charge in [0.25, 0.3) is 5.91 Å². The Bertz CT molecular complexity index is 591. The molecule has 0 fully saturated rings. The van der Waals surface area contributed by atoms with Gasteiger partial charge < -0.3 is 21.1 Å². The zero-order valence-corrected chi connectivity index (χ0v) is 11.1. The summed E-state index contributed by atoms with van der Waals surface area (Å²) in [5, 5.41) is 12.8. The number of nitrogen functional groups attached to an aromatic ring is 1. The number of nitrogens with one attached hydrogen (secondary N) is 2. The van der Waals surface area contributed by atoms with E-state index in [2.05, 4.69) is 10.3 Å². The summed E-state index contributed by atoms with van der Waals surface area (Å²) in [5.74, 6) is -0.131. The number of H-pyrrole nitrogens is 1. The predicted octanol–water partition coefficient (Wildman–Crippen LogP) is 1.50. The van der Waals surface area contributed by atoms with Crippen LogP contribution < -0.4 is 11.1 Å². The Morgan fingerprint density at radius 1 is 1.47 bits per heavy atom. The van der Waals surface area contributed by atoms with Gasteiger partial charge in [0.15, 0.2) is 0 Å². The van der Waals surface area contributed by atoms with Crippen LogP contribution in [0.5, 0.6) is 0 Å². The van der Waals surface area contributed by atoms with Crippen molar-refractivity contribution >= 4 is 22.5 Å². The Labute approximate surface area is 111 Å². The first-order valence-corrected chi connectivity index (χ1v) is 6.31. The van der Waals surface area contributed by atoms with E-state index in [1.54, 1.807) is 18.3 Å². The lowest BCUT2D eigenvalue weighted by Crippen LogP contribution is -2.38. The SMILES string of the molecule is CC(CO)C(C)NC(=O)c1c[nH]c2cc(N)ccc12. The van der Waals surface area contributed by atoms with Crippen LogP contribution in [0.4, 0.5) is 5.69 Å². The van der Waals surface area contributed by atoms with Crippen LogP contribution >= 0.6 is 0 Å². The molecule has 0 saturated heterocycles. The van der Waals surface area contributed by atoms with Crippen molar-refractivity contribution in [3.8, 4) is 0 Å². The van der Waals surface area contributed by atoms with Crippen molar-refractivity contribution in [1.29, 1.82) is 0 Å². The molecule has 5 nitrogen and oxygen atoms in total. The van der Waals surface area contributed by atoms with E-state index in [1.165, 1.54) is 0 Å². The first-order chi connectivity index (χ1) is 9.02. The molecule has 0 aliphatic rings.